The first-order chi connectivity index (χ1) is 45.0. The second kappa shape index (κ2) is 69.0. The predicted octanol–water partition coefficient (Wildman–Crippen LogP) is 27.8. The van der Waals surface area contributed by atoms with Crippen LogP contribution in [0.25, 0.3) is 0 Å². The molecule has 0 fully saturated rings. The molecule has 0 amide bonds. The van der Waals surface area contributed by atoms with Gasteiger partial charge in [0.2, 0.25) is 0 Å². The first-order valence-electron chi connectivity index (χ1n) is 43.1. The summed E-state index contributed by atoms with van der Waals surface area (Å²) in [5.74, 6) is -0.366. The molecule has 0 aromatic rings. The molecule has 0 heterocycles. The van der Waals surface area contributed by atoms with Crippen molar-refractivity contribution >= 4 is 5.78 Å². The summed E-state index contributed by atoms with van der Waals surface area (Å²) < 4.78 is 0. The maximum Gasteiger partial charge on any atom is 0.167 e. The molecule has 0 aliphatic heterocycles. The van der Waals surface area contributed by atoms with Crippen LogP contribution in [-0.2, 0) is 4.79 Å². The average molecular weight is 1300 g/mol. The van der Waals surface area contributed by atoms with Crippen LogP contribution in [-0.4, -0.2) is 60.3 Å². The van der Waals surface area contributed by atoms with E-state index in [1.54, 1.807) is 0 Å². The van der Waals surface area contributed by atoms with Crippen molar-refractivity contribution < 1.29 is 30.3 Å². The van der Waals surface area contributed by atoms with Gasteiger partial charge in [-0.05, 0) is 32.1 Å². The zero-order valence-corrected chi connectivity index (χ0v) is 63.9. The van der Waals surface area contributed by atoms with Gasteiger partial charge in [-0.3, -0.25) is 4.79 Å². The van der Waals surface area contributed by atoms with Crippen molar-refractivity contribution in [3.05, 3.63) is 0 Å². The Labute approximate surface area is 578 Å². The van der Waals surface area contributed by atoms with Crippen molar-refractivity contribution in [3.63, 3.8) is 0 Å². The lowest BCUT2D eigenvalue weighted by Gasteiger charge is -2.58. The molecule has 0 aromatic carbocycles. The van der Waals surface area contributed by atoms with Crippen molar-refractivity contribution in [3.8, 4) is 0 Å². The van der Waals surface area contributed by atoms with Gasteiger partial charge in [0, 0.05) is 6.42 Å². The van der Waals surface area contributed by atoms with E-state index >= 15 is 4.79 Å². The molecule has 0 aliphatic carbocycles. The number of unbranched alkanes of at least 4 members (excludes halogenated alkanes) is 65. The quantitative estimate of drug-likeness (QED) is 0.0387. The van der Waals surface area contributed by atoms with Crippen LogP contribution in [0.2, 0.25) is 0 Å². The third-order valence-corrected chi connectivity index (χ3v) is 22.2. The lowest BCUT2D eigenvalue weighted by molar-refractivity contribution is -0.308. The first-order valence-corrected chi connectivity index (χ1v) is 43.1. The fraction of sp³-hybridized carbons (Fsp3) is 0.988. The SMILES string of the molecule is CCCCCCCCCCCCCCCCC(=O)[C@@](O)(CCCCCCCCCCCCCCCC)[C@](O)(CCCCCCCCCCCCCCCC)[C@](O)(CCCCCCCCCCCCCCCC)[C@](O)(CO)CCCCCCCCCCCCCCCC. The molecule has 0 rings (SSSR count). The molecule has 0 bridgehead atoms. The van der Waals surface area contributed by atoms with Crippen molar-refractivity contribution in [2.75, 3.05) is 6.61 Å². The van der Waals surface area contributed by atoms with E-state index in [2.05, 4.69) is 34.6 Å². The smallest absolute Gasteiger partial charge is 0.167 e. The van der Waals surface area contributed by atoms with E-state index in [1.165, 1.54) is 321 Å². The van der Waals surface area contributed by atoms with Gasteiger partial charge in [0.1, 0.15) is 16.8 Å². The van der Waals surface area contributed by atoms with Crippen LogP contribution in [0.3, 0.4) is 0 Å². The Morgan fingerprint density at radius 3 is 0.576 bits per heavy atom. The fourth-order valence-electron chi connectivity index (χ4n) is 15.6. The van der Waals surface area contributed by atoms with Crippen LogP contribution in [0.5, 0.6) is 0 Å². The number of aliphatic hydroxyl groups is 5. The normalized spacial score (nSPS) is 14.6. The third-order valence-electron chi connectivity index (χ3n) is 22.2. The third kappa shape index (κ3) is 49.1. The zero-order chi connectivity index (χ0) is 67.3. The lowest BCUT2D eigenvalue weighted by Crippen LogP contribution is -2.78. The summed E-state index contributed by atoms with van der Waals surface area (Å²) in [4.78, 5) is 15.4. The molecule has 0 saturated heterocycles. The van der Waals surface area contributed by atoms with Gasteiger partial charge >= 0.3 is 0 Å². The van der Waals surface area contributed by atoms with E-state index in [4.69, 9.17) is 0 Å². The summed E-state index contributed by atoms with van der Waals surface area (Å²) in [6.07, 6.45) is 84.1. The Morgan fingerprint density at radius 2 is 0.370 bits per heavy atom. The summed E-state index contributed by atoms with van der Waals surface area (Å²) in [5, 5.41) is 66.8. The van der Waals surface area contributed by atoms with Crippen LogP contribution in [0.15, 0.2) is 0 Å². The number of ketones is 1. The number of carbonyl (C=O) groups excluding carboxylic acids is 1. The summed E-state index contributed by atoms with van der Waals surface area (Å²) in [5.41, 5.74) is -9.00. The van der Waals surface area contributed by atoms with Crippen molar-refractivity contribution in [2.24, 2.45) is 0 Å². The average Bonchev–Trinajstić information content (AvgIpc) is 0.715. The molecular weight excluding hydrogens is 1130 g/mol. The minimum absolute atomic E-state index is 0.0285. The maximum atomic E-state index is 15.4. The van der Waals surface area contributed by atoms with Gasteiger partial charge < -0.3 is 25.5 Å². The Morgan fingerprint density at radius 1 is 0.207 bits per heavy atom. The lowest BCUT2D eigenvalue weighted by atomic mass is 9.56. The number of hydrogen-bond acceptors (Lipinski definition) is 6. The predicted molar refractivity (Wildman–Crippen MR) is 407 cm³/mol. The highest BCUT2D eigenvalue weighted by molar-refractivity contribution is 5.89. The van der Waals surface area contributed by atoms with Gasteiger partial charge in [-0.1, -0.05) is 478 Å². The summed E-state index contributed by atoms with van der Waals surface area (Å²) in [6, 6.07) is 0. The molecule has 4 atom stereocenters. The Hall–Kier alpha value is -0.530. The molecule has 5 N–H and O–H groups in total. The monoisotopic (exact) mass is 1300 g/mol. The molecule has 92 heavy (non-hydrogen) atoms. The summed E-state index contributed by atoms with van der Waals surface area (Å²) in [6.45, 7) is 10.7. The molecule has 0 saturated carbocycles. The minimum Gasteiger partial charge on any atom is -0.393 e. The van der Waals surface area contributed by atoms with Crippen LogP contribution >= 0.6 is 0 Å². The molecule has 0 spiro atoms. The molecule has 0 radical (unpaired) electrons. The highest BCUT2D eigenvalue weighted by Gasteiger charge is 2.69. The molecule has 6 nitrogen and oxygen atoms in total. The standard InChI is InChI=1S/C86H172O6/c1-6-11-16-21-26-31-36-41-46-51-56-61-66-71-76-82(88)84(90,78-73-68-63-58-53-48-43-38-33-28-23-18-13-8-3)86(92,80-75-70-65-60-55-50-45-40-35-30-25-20-15-10-5)85(91,79-74-69-64-59-54-49-44-39-34-29-24-19-14-9-4)83(89,81-87)77-72-67-62-57-52-47-42-37-32-27-22-17-12-7-2/h87,89-92H,6-81H2,1-5H3/t83-,84+,85+,86-/m1/s1. The highest BCUT2D eigenvalue weighted by Crippen LogP contribution is 2.51. The summed E-state index contributed by atoms with van der Waals surface area (Å²) >= 11 is 0. The van der Waals surface area contributed by atoms with Crippen molar-refractivity contribution in [1.82, 2.24) is 0 Å². The van der Waals surface area contributed by atoms with E-state index < -0.39 is 29.0 Å². The molecule has 0 aliphatic rings. The number of aliphatic hydroxyl groups excluding tert-OH is 1. The molecular formula is C86H172O6. The summed E-state index contributed by atoms with van der Waals surface area (Å²) in [7, 11) is 0. The van der Waals surface area contributed by atoms with Gasteiger partial charge in [-0.15, -0.1) is 0 Å². The van der Waals surface area contributed by atoms with E-state index in [-0.39, 0.29) is 37.9 Å². The zero-order valence-electron chi connectivity index (χ0n) is 63.9. The Bertz CT molecular complexity index is 1450. The number of rotatable bonds is 80. The molecule has 552 valence electrons. The van der Waals surface area contributed by atoms with Gasteiger partial charge in [-0.25, -0.2) is 0 Å². The van der Waals surface area contributed by atoms with Crippen LogP contribution in [0, 0.1) is 0 Å². The maximum absolute atomic E-state index is 15.4. The fourth-order valence-corrected chi connectivity index (χ4v) is 15.6. The minimum atomic E-state index is -2.34. The van der Waals surface area contributed by atoms with E-state index in [9.17, 15) is 25.5 Å². The van der Waals surface area contributed by atoms with Gasteiger partial charge in [0.15, 0.2) is 11.4 Å². The highest BCUT2D eigenvalue weighted by atomic mass is 16.4. The second-order valence-corrected chi connectivity index (χ2v) is 30.9. The second-order valence-electron chi connectivity index (χ2n) is 30.9. The number of carbonyl (C=O) groups is 1. The molecule has 0 aromatic heterocycles. The van der Waals surface area contributed by atoms with Gasteiger partial charge in [0.05, 0.1) is 6.61 Å². The van der Waals surface area contributed by atoms with Gasteiger partial charge in [0.25, 0.3) is 0 Å². The first kappa shape index (κ1) is 91.5. The van der Waals surface area contributed by atoms with E-state index in [1.807, 2.05) is 0 Å². The Balaban J connectivity index is 6.73. The van der Waals surface area contributed by atoms with E-state index in [0.717, 1.165) is 96.3 Å². The molecule has 0 unspecified atom stereocenters. The number of Topliss-reactive ketones (excluding diaryl/α,β-unsaturated/α-hetero) is 1. The van der Waals surface area contributed by atoms with Crippen LogP contribution in [0.4, 0.5) is 0 Å². The van der Waals surface area contributed by atoms with Crippen molar-refractivity contribution in [2.45, 2.75) is 539 Å². The Kier molecular flexibility index (Phi) is 68.6. The largest absolute Gasteiger partial charge is 0.393 e. The van der Waals surface area contributed by atoms with Gasteiger partial charge in [-0.2, -0.15) is 0 Å². The van der Waals surface area contributed by atoms with Crippen molar-refractivity contribution in [1.29, 1.82) is 0 Å². The number of hydrogen-bond donors (Lipinski definition) is 5. The van der Waals surface area contributed by atoms with Crippen LogP contribution in [0.1, 0.15) is 516 Å². The van der Waals surface area contributed by atoms with Crippen LogP contribution < -0.4 is 0 Å². The molecule has 6 heteroatoms. The topological polar surface area (TPSA) is 118 Å². The van der Waals surface area contributed by atoms with E-state index in [0.29, 0.717) is 32.1 Å².